The molecular weight excluding hydrogens is 250 g/mol. The first-order valence-corrected chi connectivity index (χ1v) is 6.14. The molecule has 0 saturated carbocycles. The topological polar surface area (TPSA) is 104 Å². The average Bonchev–Trinajstić information content (AvgIpc) is 1.60. The van der Waals surface area contributed by atoms with Gasteiger partial charge in [0.1, 0.15) is 16.3 Å². The Morgan fingerprint density at radius 1 is 1.30 bits per heavy atom. The summed E-state index contributed by atoms with van der Waals surface area (Å²) in [5.74, 6) is -1.18. The number of rotatable bonds is 3. The molecule has 0 heterocycles. The lowest BCUT2D eigenvalue weighted by Crippen LogP contribution is -1.89. The van der Waals surface area contributed by atoms with Gasteiger partial charge in [0, 0.05) is 0 Å². The van der Waals surface area contributed by atoms with E-state index in [1.54, 1.807) is 0 Å². The summed E-state index contributed by atoms with van der Waals surface area (Å²) in [4.78, 5) is 24.8. The van der Waals surface area contributed by atoms with Crippen LogP contribution in [-0.2, 0) is 12.7 Å². The van der Waals surface area contributed by atoms with Gasteiger partial charge in [-0.1, -0.05) is 0 Å². The van der Waals surface area contributed by atoms with Gasteiger partial charge in [0.15, 0.2) is 5.90 Å². The van der Waals surface area contributed by atoms with Gasteiger partial charge in [-0.05, 0) is 0 Å². The van der Waals surface area contributed by atoms with E-state index >= 15 is 0 Å². The molecule has 0 rings (SSSR count). The fourth-order valence-electron chi connectivity index (χ4n) is 0.255. The van der Waals surface area contributed by atoms with Crippen molar-refractivity contribution in [3.8, 4) is 0 Å². The number of hydrogen-bond acceptors (Lipinski definition) is 3. The van der Waals surface area contributed by atoms with E-state index < -0.39 is 21.1 Å². The highest BCUT2D eigenvalue weighted by Gasteiger charge is 2.30. The van der Waals surface area contributed by atoms with Gasteiger partial charge in [0.2, 0.25) is 0 Å². The quantitative estimate of drug-likeness (QED) is 0.639. The van der Waals surface area contributed by atoms with Crippen LogP contribution in [0.1, 0.15) is 0 Å². The Hall–Kier alpha value is 0.780. The molecule has 0 radical (unpaired) electrons. The van der Waals surface area contributed by atoms with Crippen LogP contribution in [0.4, 0.5) is 0 Å². The van der Waals surface area contributed by atoms with Gasteiger partial charge in [0.05, 0.1) is 0 Å². The summed E-state index contributed by atoms with van der Waals surface area (Å²) in [7, 11) is -8.61. The van der Waals surface area contributed by atoms with Crippen LogP contribution in [0, 0.1) is 0 Å². The molecule has 1 unspecified atom stereocenters. The lowest BCUT2D eigenvalue weighted by molar-refractivity contribution is 0.368. The third-order valence-corrected chi connectivity index (χ3v) is 4.95. The average molecular weight is 255 g/mol. The lowest BCUT2D eigenvalue weighted by Gasteiger charge is -2.06. The molecule has 0 amide bonds. The molecule has 3 N–H and O–H groups in total. The third-order valence-electron chi connectivity index (χ3n) is 0.471. The molecule has 0 spiro atoms. The molecule has 9 heteroatoms. The van der Waals surface area contributed by atoms with Crippen molar-refractivity contribution in [1.29, 1.82) is 0 Å². The Morgan fingerprint density at radius 3 is 1.80 bits per heavy atom. The maximum absolute atomic E-state index is 10.4. The van der Waals surface area contributed by atoms with Gasteiger partial charge in [-0.3, -0.25) is 9.13 Å². The van der Waals surface area contributed by atoms with Crippen molar-refractivity contribution in [2.75, 3.05) is 5.90 Å². The molecule has 0 bridgehead atoms. The fourth-order valence-corrected chi connectivity index (χ4v) is 3.12. The summed E-state index contributed by atoms with van der Waals surface area (Å²) < 4.78 is 24.2. The van der Waals surface area contributed by atoms with E-state index in [-0.39, 0.29) is 0 Å². The molecule has 0 aliphatic carbocycles. The number of halogens is 1. The summed E-state index contributed by atoms with van der Waals surface area (Å²) in [5, 5.41) is 0. The van der Waals surface area contributed by atoms with E-state index in [2.05, 4.69) is 19.9 Å². The third kappa shape index (κ3) is 5.56. The van der Waals surface area contributed by atoms with Gasteiger partial charge in [0.25, 0.3) is 0 Å². The van der Waals surface area contributed by atoms with Crippen LogP contribution < -0.4 is 0 Å². The van der Waals surface area contributed by atoms with Crippen LogP contribution in [0.15, 0.2) is 0 Å². The first-order chi connectivity index (χ1) is 4.27. The minimum Gasteiger partial charge on any atom is -0.324 e. The monoisotopic (exact) mass is 254 g/mol. The minimum atomic E-state index is -4.47. The zero-order chi connectivity index (χ0) is 8.41. The molecule has 0 aromatic heterocycles. The molecular formula is CH5BrO6P2. The molecule has 0 aliphatic heterocycles. The van der Waals surface area contributed by atoms with E-state index in [1.807, 2.05) is 0 Å². The van der Waals surface area contributed by atoms with Crippen molar-refractivity contribution in [2.24, 2.45) is 0 Å². The Bertz CT molecular complexity index is 194. The zero-order valence-corrected chi connectivity index (χ0v) is 7.92. The van der Waals surface area contributed by atoms with Crippen molar-refractivity contribution in [3.05, 3.63) is 0 Å². The van der Waals surface area contributed by atoms with Crippen molar-refractivity contribution in [3.63, 3.8) is 0 Å². The second-order valence-electron chi connectivity index (χ2n) is 1.51. The van der Waals surface area contributed by atoms with Gasteiger partial charge >= 0.3 is 15.2 Å². The van der Waals surface area contributed by atoms with Crippen molar-refractivity contribution in [2.45, 2.75) is 0 Å². The second kappa shape index (κ2) is 3.45. The van der Waals surface area contributed by atoms with Crippen LogP contribution in [0.5, 0.6) is 0 Å². The maximum Gasteiger partial charge on any atom is 0.351 e. The number of hydrogen-bond donors (Lipinski definition) is 3. The SMILES string of the molecule is O=P(O)(O)CP(=O)(O)OBr. The summed E-state index contributed by atoms with van der Waals surface area (Å²) >= 11 is 2.17. The molecule has 62 valence electrons. The van der Waals surface area contributed by atoms with Crippen LogP contribution in [0.2, 0.25) is 0 Å². The molecule has 0 aromatic carbocycles. The molecule has 0 aliphatic rings. The Morgan fingerprint density at radius 2 is 1.70 bits per heavy atom. The molecule has 6 nitrogen and oxygen atoms in total. The smallest absolute Gasteiger partial charge is 0.324 e. The zero-order valence-electron chi connectivity index (χ0n) is 4.55. The van der Waals surface area contributed by atoms with Crippen molar-refractivity contribution in [1.82, 2.24) is 0 Å². The van der Waals surface area contributed by atoms with Crippen LogP contribution in [0.3, 0.4) is 0 Å². The standard InChI is InChI=1S/CH5BrO6P2/c2-8-10(6,7)1-9(3,4)5/h1H2,(H,6,7)(H2,3,4,5). The van der Waals surface area contributed by atoms with Gasteiger partial charge in [-0.2, -0.15) is 0 Å². The molecule has 0 aromatic rings. The summed E-state index contributed by atoms with van der Waals surface area (Å²) in [6.07, 6.45) is 0. The highest BCUT2D eigenvalue weighted by atomic mass is 79.9. The predicted molar refractivity (Wildman–Crippen MR) is 36.7 cm³/mol. The van der Waals surface area contributed by atoms with Gasteiger partial charge in [-0.15, -0.1) is 0 Å². The minimum absolute atomic E-state index is 1.18. The maximum atomic E-state index is 10.4. The summed E-state index contributed by atoms with van der Waals surface area (Å²) in [6.45, 7) is 0. The predicted octanol–water partition coefficient (Wildman–Crippen LogP) is 0.633. The molecule has 10 heavy (non-hydrogen) atoms. The van der Waals surface area contributed by atoms with Gasteiger partial charge in [-0.25, -0.2) is 3.62 Å². The molecule has 1 atom stereocenters. The van der Waals surface area contributed by atoms with E-state index in [9.17, 15) is 9.13 Å². The van der Waals surface area contributed by atoms with Crippen LogP contribution in [-0.4, -0.2) is 20.6 Å². The fraction of sp³-hybridized carbons (Fsp3) is 1.00. The Balaban J connectivity index is 4.17. The van der Waals surface area contributed by atoms with E-state index in [0.29, 0.717) is 0 Å². The van der Waals surface area contributed by atoms with Crippen LogP contribution in [0.25, 0.3) is 0 Å². The summed E-state index contributed by atoms with van der Waals surface area (Å²) in [6, 6.07) is 0. The molecule has 0 fully saturated rings. The highest BCUT2D eigenvalue weighted by molar-refractivity contribution is 9.06. The first-order valence-electron chi connectivity index (χ1n) is 1.93. The Kier molecular flexibility index (Phi) is 3.72. The lowest BCUT2D eigenvalue weighted by atomic mass is 11.9. The first kappa shape index (κ1) is 10.8. The van der Waals surface area contributed by atoms with E-state index in [0.717, 1.165) is 0 Å². The second-order valence-corrected chi connectivity index (χ2v) is 6.25. The largest absolute Gasteiger partial charge is 0.351 e. The van der Waals surface area contributed by atoms with E-state index in [1.165, 1.54) is 0 Å². The van der Waals surface area contributed by atoms with Crippen molar-refractivity contribution < 1.29 is 27.4 Å². The normalized spacial score (nSPS) is 18.4. The molecule has 0 saturated heterocycles. The van der Waals surface area contributed by atoms with E-state index in [4.69, 9.17) is 14.7 Å². The van der Waals surface area contributed by atoms with Gasteiger partial charge < -0.3 is 14.7 Å². The Labute approximate surface area is 65.4 Å². The summed E-state index contributed by atoms with van der Waals surface area (Å²) in [5.41, 5.74) is 0. The highest BCUT2D eigenvalue weighted by Crippen LogP contribution is 2.56. The van der Waals surface area contributed by atoms with Crippen molar-refractivity contribution >= 4 is 31.5 Å². The van der Waals surface area contributed by atoms with Crippen LogP contribution >= 0.6 is 31.5 Å².